The van der Waals surface area contributed by atoms with Crippen LogP contribution in [0.4, 0.5) is 5.69 Å². The Morgan fingerprint density at radius 2 is 2.12 bits per heavy atom. The van der Waals surface area contributed by atoms with Crippen molar-refractivity contribution in [1.29, 1.82) is 0 Å². The molecule has 0 spiro atoms. The van der Waals surface area contributed by atoms with Crippen LogP contribution in [-0.2, 0) is 0 Å². The normalized spacial score (nSPS) is 10.9. The van der Waals surface area contributed by atoms with Crippen molar-refractivity contribution in [1.82, 2.24) is 15.0 Å². The minimum atomic E-state index is 0.596. The molecule has 0 amide bonds. The average molecular weight is 245 g/mol. The summed E-state index contributed by atoms with van der Waals surface area (Å²) in [4.78, 5) is 11.7. The third kappa shape index (κ3) is 1.83. The standard InChI is InChI=1S/C12H9ClN4/c13-8-3-7(4-9(14)5-8)12-16-10-1-2-15-6-11(10)17-12/h1-6H,14H2,(H,16,17). The smallest absolute Gasteiger partial charge is 0.138 e. The zero-order valence-electron chi connectivity index (χ0n) is 8.81. The monoisotopic (exact) mass is 244 g/mol. The van der Waals surface area contributed by atoms with Gasteiger partial charge in [0, 0.05) is 22.5 Å². The molecule has 2 heterocycles. The number of nitrogens with two attached hydrogens (primary N) is 1. The van der Waals surface area contributed by atoms with E-state index >= 15 is 0 Å². The number of nitrogen functional groups attached to an aromatic ring is 1. The first kappa shape index (κ1) is 10.1. The number of hydrogen-bond acceptors (Lipinski definition) is 3. The predicted molar refractivity (Wildman–Crippen MR) is 68.7 cm³/mol. The maximum Gasteiger partial charge on any atom is 0.138 e. The lowest BCUT2D eigenvalue weighted by atomic mass is 10.2. The van der Waals surface area contributed by atoms with Crippen molar-refractivity contribution in [3.63, 3.8) is 0 Å². The van der Waals surface area contributed by atoms with Gasteiger partial charge in [0.05, 0.1) is 17.2 Å². The Morgan fingerprint density at radius 3 is 2.88 bits per heavy atom. The number of pyridine rings is 1. The lowest BCUT2D eigenvalue weighted by molar-refractivity contribution is 1.33. The Hall–Kier alpha value is -2.07. The van der Waals surface area contributed by atoms with Gasteiger partial charge in [-0.1, -0.05) is 11.6 Å². The number of hydrogen-bond donors (Lipinski definition) is 2. The van der Waals surface area contributed by atoms with Gasteiger partial charge in [-0.3, -0.25) is 4.98 Å². The molecule has 2 aromatic heterocycles. The van der Waals surface area contributed by atoms with Crippen molar-refractivity contribution in [3.8, 4) is 11.4 Å². The number of fused-ring (bicyclic) bond motifs is 1. The van der Waals surface area contributed by atoms with Crippen molar-refractivity contribution >= 4 is 28.3 Å². The van der Waals surface area contributed by atoms with Crippen molar-refractivity contribution in [3.05, 3.63) is 41.7 Å². The lowest BCUT2D eigenvalue weighted by Gasteiger charge is -2.00. The topological polar surface area (TPSA) is 67.6 Å². The average Bonchev–Trinajstić information content (AvgIpc) is 2.71. The lowest BCUT2D eigenvalue weighted by Crippen LogP contribution is -1.87. The molecule has 4 nitrogen and oxygen atoms in total. The van der Waals surface area contributed by atoms with E-state index < -0.39 is 0 Å². The zero-order chi connectivity index (χ0) is 11.8. The first-order valence-corrected chi connectivity index (χ1v) is 5.46. The molecule has 0 atom stereocenters. The number of H-pyrrole nitrogens is 1. The van der Waals surface area contributed by atoms with E-state index in [9.17, 15) is 0 Å². The molecule has 17 heavy (non-hydrogen) atoms. The highest BCUT2D eigenvalue weighted by molar-refractivity contribution is 6.31. The largest absolute Gasteiger partial charge is 0.399 e. The highest BCUT2D eigenvalue weighted by Crippen LogP contribution is 2.25. The summed E-state index contributed by atoms with van der Waals surface area (Å²) in [7, 11) is 0. The molecule has 5 heteroatoms. The Morgan fingerprint density at radius 1 is 1.24 bits per heavy atom. The molecule has 0 aliphatic carbocycles. The van der Waals surface area contributed by atoms with Gasteiger partial charge in [0.25, 0.3) is 0 Å². The molecule has 0 bridgehead atoms. The SMILES string of the molecule is Nc1cc(Cl)cc(-c2nc3ccncc3[nH]2)c1. The number of aromatic amines is 1. The van der Waals surface area contributed by atoms with E-state index in [0.29, 0.717) is 10.7 Å². The molecular formula is C12H9ClN4. The van der Waals surface area contributed by atoms with Gasteiger partial charge in [0.15, 0.2) is 0 Å². The number of nitrogens with zero attached hydrogens (tertiary/aromatic N) is 2. The minimum Gasteiger partial charge on any atom is -0.399 e. The second-order valence-corrected chi connectivity index (χ2v) is 4.19. The van der Waals surface area contributed by atoms with Crippen molar-refractivity contribution in [2.45, 2.75) is 0 Å². The molecule has 0 unspecified atom stereocenters. The van der Waals surface area contributed by atoms with E-state index in [1.165, 1.54) is 0 Å². The summed E-state index contributed by atoms with van der Waals surface area (Å²) in [6.07, 6.45) is 3.44. The van der Waals surface area contributed by atoms with Gasteiger partial charge < -0.3 is 10.7 Å². The van der Waals surface area contributed by atoms with Gasteiger partial charge in [0.2, 0.25) is 0 Å². The van der Waals surface area contributed by atoms with E-state index in [2.05, 4.69) is 15.0 Å². The van der Waals surface area contributed by atoms with Gasteiger partial charge in [-0.15, -0.1) is 0 Å². The van der Waals surface area contributed by atoms with Crippen LogP contribution in [0, 0.1) is 0 Å². The van der Waals surface area contributed by atoms with Crippen molar-refractivity contribution in [2.24, 2.45) is 0 Å². The predicted octanol–water partition coefficient (Wildman–Crippen LogP) is 2.86. The summed E-state index contributed by atoms with van der Waals surface area (Å²) >= 11 is 5.96. The number of rotatable bonds is 1. The maximum absolute atomic E-state index is 5.96. The second-order valence-electron chi connectivity index (χ2n) is 3.75. The number of anilines is 1. The maximum atomic E-state index is 5.96. The van der Waals surface area contributed by atoms with Crippen LogP contribution in [0.5, 0.6) is 0 Å². The van der Waals surface area contributed by atoms with Crippen molar-refractivity contribution < 1.29 is 0 Å². The van der Waals surface area contributed by atoms with Gasteiger partial charge in [-0.25, -0.2) is 4.98 Å². The third-order valence-corrected chi connectivity index (χ3v) is 2.70. The molecule has 0 saturated carbocycles. The van der Waals surface area contributed by atoms with Crippen LogP contribution in [0.25, 0.3) is 22.4 Å². The number of halogens is 1. The highest BCUT2D eigenvalue weighted by Gasteiger charge is 2.06. The summed E-state index contributed by atoms with van der Waals surface area (Å²) in [6.45, 7) is 0. The Kier molecular flexibility index (Phi) is 2.23. The van der Waals surface area contributed by atoms with E-state index in [0.717, 1.165) is 22.4 Å². The van der Waals surface area contributed by atoms with Crippen LogP contribution in [0.3, 0.4) is 0 Å². The fourth-order valence-corrected chi connectivity index (χ4v) is 1.99. The second kappa shape index (κ2) is 3.75. The summed E-state index contributed by atoms with van der Waals surface area (Å²) < 4.78 is 0. The van der Waals surface area contributed by atoms with E-state index in [1.807, 2.05) is 18.2 Å². The number of imidazole rings is 1. The molecular weight excluding hydrogens is 236 g/mol. The van der Waals surface area contributed by atoms with Gasteiger partial charge >= 0.3 is 0 Å². The Labute approximate surface area is 102 Å². The molecule has 3 aromatic rings. The molecule has 0 saturated heterocycles. The Balaban J connectivity index is 2.20. The van der Waals surface area contributed by atoms with E-state index in [4.69, 9.17) is 17.3 Å². The quantitative estimate of drug-likeness (QED) is 0.647. The molecule has 84 valence electrons. The third-order valence-electron chi connectivity index (χ3n) is 2.48. The van der Waals surface area contributed by atoms with Gasteiger partial charge in [0.1, 0.15) is 5.82 Å². The number of benzene rings is 1. The van der Waals surface area contributed by atoms with Crippen LogP contribution < -0.4 is 5.73 Å². The first-order valence-electron chi connectivity index (χ1n) is 5.08. The molecule has 3 N–H and O–H groups in total. The van der Waals surface area contributed by atoms with Gasteiger partial charge in [-0.05, 0) is 24.3 Å². The van der Waals surface area contributed by atoms with Gasteiger partial charge in [-0.2, -0.15) is 0 Å². The van der Waals surface area contributed by atoms with Crippen LogP contribution in [0.15, 0.2) is 36.7 Å². The molecule has 0 aliphatic rings. The summed E-state index contributed by atoms with van der Waals surface area (Å²) in [5, 5.41) is 0.596. The highest BCUT2D eigenvalue weighted by atomic mass is 35.5. The first-order chi connectivity index (χ1) is 8.22. The molecule has 0 aliphatic heterocycles. The number of aromatic nitrogens is 3. The summed E-state index contributed by atoms with van der Waals surface area (Å²) in [5.74, 6) is 0.738. The molecule has 3 rings (SSSR count). The van der Waals surface area contributed by atoms with E-state index in [1.54, 1.807) is 18.5 Å². The van der Waals surface area contributed by atoms with Crippen LogP contribution >= 0.6 is 11.6 Å². The summed E-state index contributed by atoms with van der Waals surface area (Å²) in [6, 6.07) is 7.21. The Bertz CT molecular complexity index is 637. The molecule has 0 radical (unpaired) electrons. The fourth-order valence-electron chi connectivity index (χ4n) is 1.74. The number of nitrogens with one attached hydrogen (secondary N) is 1. The molecule has 0 fully saturated rings. The zero-order valence-corrected chi connectivity index (χ0v) is 9.57. The minimum absolute atomic E-state index is 0.596. The van der Waals surface area contributed by atoms with Crippen LogP contribution in [0.2, 0.25) is 5.02 Å². The van der Waals surface area contributed by atoms with Crippen LogP contribution in [-0.4, -0.2) is 15.0 Å². The molecule has 1 aromatic carbocycles. The van der Waals surface area contributed by atoms with Crippen LogP contribution in [0.1, 0.15) is 0 Å². The summed E-state index contributed by atoms with van der Waals surface area (Å²) in [5.41, 5.74) is 9.00. The van der Waals surface area contributed by atoms with E-state index in [-0.39, 0.29) is 0 Å². The fraction of sp³-hybridized carbons (Fsp3) is 0. The van der Waals surface area contributed by atoms with Crippen molar-refractivity contribution in [2.75, 3.05) is 5.73 Å².